The maximum Gasteiger partial charge on any atom is 0.339 e. The van der Waals surface area contributed by atoms with Crippen molar-refractivity contribution in [1.29, 1.82) is 0 Å². The number of amides is 1. The van der Waals surface area contributed by atoms with Gasteiger partial charge < -0.3 is 10.1 Å². The van der Waals surface area contributed by atoms with Crippen molar-refractivity contribution in [1.82, 2.24) is 5.32 Å². The number of carbonyl (C=O) groups excluding carboxylic acids is 2. The molecule has 2 rings (SSSR count). The molecular formula is C21H20ClNO3. The average Bonchev–Trinajstić information content (AvgIpc) is 2.65. The van der Waals surface area contributed by atoms with E-state index in [9.17, 15) is 9.59 Å². The first-order chi connectivity index (χ1) is 12.5. The van der Waals surface area contributed by atoms with E-state index in [0.717, 1.165) is 5.56 Å². The van der Waals surface area contributed by atoms with Crippen molar-refractivity contribution >= 4 is 35.1 Å². The third-order valence-corrected chi connectivity index (χ3v) is 3.81. The Morgan fingerprint density at radius 1 is 1.15 bits per heavy atom. The van der Waals surface area contributed by atoms with Gasteiger partial charge in [0.2, 0.25) is 0 Å². The van der Waals surface area contributed by atoms with Gasteiger partial charge in [-0.05, 0) is 36.3 Å². The summed E-state index contributed by atoms with van der Waals surface area (Å²) in [6.07, 6.45) is 2.36. The molecule has 26 heavy (non-hydrogen) atoms. The molecule has 0 heterocycles. The number of hydrogen-bond acceptors (Lipinski definition) is 3. The number of nitrogens with one attached hydrogen (secondary N) is 1. The number of esters is 1. The van der Waals surface area contributed by atoms with E-state index in [1.54, 1.807) is 36.4 Å². The molecular weight excluding hydrogens is 350 g/mol. The van der Waals surface area contributed by atoms with Crippen LogP contribution in [0.15, 0.2) is 67.3 Å². The minimum absolute atomic E-state index is 0.310. The third-order valence-electron chi connectivity index (χ3n) is 3.56. The van der Waals surface area contributed by atoms with Gasteiger partial charge in [0, 0.05) is 11.6 Å². The van der Waals surface area contributed by atoms with Crippen LogP contribution in [-0.4, -0.2) is 24.5 Å². The number of rotatable bonds is 7. The summed E-state index contributed by atoms with van der Waals surface area (Å²) in [6.45, 7) is 5.37. The van der Waals surface area contributed by atoms with Crippen molar-refractivity contribution in [3.05, 3.63) is 83.4 Å². The van der Waals surface area contributed by atoms with E-state index in [2.05, 4.69) is 11.9 Å². The molecule has 134 valence electrons. The first-order valence-electron chi connectivity index (χ1n) is 8.13. The van der Waals surface area contributed by atoms with E-state index in [0.29, 0.717) is 22.7 Å². The lowest BCUT2D eigenvalue weighted by Gasteiger charge is -2.15. The standard InChI is InChI=1S/C21H20ClNO3/c1-3-13-23-20(24)15(2)26-21(25)19(14-16-7-5-4-6-8-16)17-9-11-18(22)12-10-17/h3-12,14-15H,1,13H2,2H3,(H,23,24)/b19-14+/t15-/m1/s1. The van der Waals surface area contributed by atoms with Crippen LogP contribution in [0.5, 0.6) is 0 Å². The summed E-state index contributed by atoms with van der Waals surface area (Å²) >= 11 is 5.93. The Hall–Kier alpha value is -2.85. The van der Waals surface area contributed by atoms with Crippen LogP contribution in [-0.2, 0) is 14.3 Å². The Morgan fingerprint density at radius 2 is 1.81 bits per heavy atom. The van der Waals surface area contributed by atoms with Gasteiger partial charge in [-0.2, -0.15) is 0 Å². The zero-order valence-electron chi connectivity index (χ0n) is 14.4. The van der Waals surface area contributed by atoms with Gasteiger partial charge in [-0.1, -0.05) is 60.1 Å². The first-order valence-corrected chi connectivity index (χ1v) is 8.51. The highest BCUT2D eigenvalue weighted by molar-refractivity contribution is 6.30. The molecule has 0 aliphatic rings. The van der Waals surface area contributed by atoms with Crippen LogP contribution < -0.4 is 5.32 Å². The van der Waals surface area contributed by atoms with Crippen LogP contribution in [0.25, 0.3) is 11.6 Å². The molecule has 2 aromatic rings. The first kappa shape index (κ1) is 19.5. The lowest BCUT2D eigenvalue weighted by atomic mass is 10.0. The lowest BCUT2D eigenvalue weighted by molar-refractivity contribution is -0.149. The predicted octanol–water partition coefficient (Wildman–Crippen LogP) is 4.11. The largest absolute Gasteiger partial charge is 0.449 e. The van der Waals surface area contributed by atoms with Gasteiger partial charge in [-0.3, -0.25) is 4.79 Å². The molecule has 0 aliphatic carbocycles. The van der Waals surface area contributed by atoms with E-state index < -0.39 is 12.1 Å². The Balaban J connectivity index is 2.27. The smallest absolute Gasteiger partial charge is 0.339 e. The number of ether oxygens (including phenoxy) is 1. The predicted molar refractivity (Wildman–Crippen MR) is 105 cm³/mol. The highest BCUT2D eigenvalue weighted by Crippen LogP contribution is 2.22. The van der Waals surface area contributed by atoms with Crippen molar-refractivity contribution < 1.29 is 14.3 Å². The molecule has 1 atom stereocenters. The molecule has 0 radical (unpaired) electrons. The molecule has 0 bridgehead atoms. The molecule has 1 N–H and O–H groups in total. The fourth-order valence-electron chi connectivity index (χ4n) is 2.20. The van der Waals surface area contributed by atoms with Crippen molar-refractivity contribution in [2.24, 2.45) is 0 Å². The van der Waals surface area contributed by atoms with E-state index in [1.165, 1.54) is 6.92 Å². The SMILES string of the molecule is C=CCNC(=O)[C@@H](C)OC(=O)/C(=C/c1ccccc1)c1ccc(Cl)cc1. The Bertz CT molecular complexity index is 798. The summed E-state index contributed by atoms with van der Waals surface area (Å²) in [6, 6.07) is 16.3. The Kier molecular flexibility index (Phi) is 7.18. The van der Waals surface area contributed by atoms with Gasteiger partial charge in [0.1, 0.15) is 0 Å². The quantitative estimate of drug-likeness (QED) is 0.346. The highest BCUT2D eigenvalue weighted by Gasteiger charge is 2.21. The maximum atomic E-state index is 12.7. The summed E-state index contributed by atoms with van der Waals surface area (Å²) in [5.74, 6) is -0.967. The van der Waals surface area contributed by atoms with Crippen LogP contribution in [0, 0.1) is 0 Å². The van der Waals surface area contributed by atoms with E-state index >= 15 is 0 Å². The maximum absolute atomic E-state index is 12.7. The van der Waals surface area contributed by atoms with E-state index in [1.807, 2.05) is 30.3 Å². The topological polar surface area (TPSA) is 55.4 Å². The second-order valence-electron chi connectivity index (χ2n) is 5.56. The molecule has 0 unspecified atom stereocenters. The molecule has 5 heteroatoms. The monoisotopic (exact) mass is 369 g/mol. The number of benzene rings is 2. The number of hydrogen-bond donors (Lipinski definition) is 1. The van der Waals surface area contributed by atoms with Crippen LogP contribution in [0.4, 0.5) is 0 Å². The average molecular weight is 370 g/mol. The molecule has 4 nitrogen and oxygen atoms in total. The van der Waals surface area contributed by atoms with Crippen LogP contribution in [0.2, 0.25) is 5.02 Å². The van der Waals surface area contributed by atoms with Crippen molar-refractivity contribution in [2.75, 3.05) is 6.54 Å². The summed E-state index contributed by atoms with van der Waals surface area (Å²) in [5.41, 5.74) is 1.84. The second kappa shape index (κ2) is 9.59. The Labute approximate surface area is 158 Å². The van der Waals surface area contributed by atoms with Crippen molar-refractivity contribution in [3.63, 3.8) is 0 Å². The lowest BCUT2D eigenvalue weighted by Crippen LogP contribution is -2.36. The van der Waals surface area contributed by atoms with E-state index in [-0.39, 0.29) is 5.91 Å². The zero-order chi connectivity index (χ0) is 18.9. The van der Waals surface area contributed by atoms with Crippen LogP contribution >= 0.6 is 11.6 Å². The van der Waals surface area contributed by atoms with Crippen LogP contribution in [0.3, 0.4) is 0 Å². The third kappa shape index (κ3) is 5.60. The summed E-state index contributed by atoms with van der Waals surface area (Å²) in [4.78, 5) is 24.6. The van der Waals surface area contributed by atoms with E-state index in [4.69, 9.17) is 16.3 Å². The van der Waals surface area contributed by atoms with Crippen molar-refractivity contribution in [2.45, 2.75) is 13.0 Å². The minimum Gasteiger partial charge on any atom is -0.449 e. The van der Waals surface area contributed by atoms with Gasteiger partial charge in [0.05, 0.1) is 5.57 Å². The second-order valence-corrected chi connectivity index (χ2v) is 5.99. The number of carbonyl (C=O) groups is 2. The summed E-state index contributed by atoms with van der Waals surface area (Å²) in [7, 11) is 0. The summed E-state index contributed by atoms with van der Waals surface area (Å²) < 4.78 is 5.34. The van der Waals surface area contributed by atoms with Crippen LogP contribution in [0.1, 0.15) is 18.1 Å². The highest BCUT2D eigenvalue weighted by atomic mass is 35.5. The van der Waals surface area contributed by atoms with Gasteiger partial charge in [0.25, 0.3) is 5.91 Å². The fraction of sp³-hybridized carbons (Fsp3) is 0.143. The molecule has 0 aliphatic heterocycles. The van der Waals surface area contributed by atoms with Gasteiger partial charge >= 0.3 is 5.97 Å². The Morgan fingerprint density at radius 3 is 2.42 bits per heavy atom. The molecule has 2 aromatic carbocycles. The molecule has 0 aromatic heterocycles. The van der Waals surface area contributed by atoms with Crippen molar-refractivity contribution in [3.8, 4) is 0 Å². The summed E-state index contributed by atoms with van der Waals surface area (Å²) in [5, 5.41) is 3.17. The minimum atomic E-state index is -0.922. The molecule has 1 amide bonds. The zero-order valence-corrected chi connectivity index (χ0v) is 15.2. The molecule has 0 saturated heterocycles. The molecule has 0 fully saturated rings. The molecule has 0 saturated carbocycles. The number of halogens is 1. The van der Waals surface area contributed by atoms with Gasteiger partial charge in [0.15, 0.2) is 6.10 Å². The molecule has 0 spiro atoms. The fourth-order valence-corrected chi connectivity index (χ4v) is 2.33. The normalized spacial score (nSPS) is 12.2. The van der Waals surface area contributed by atoms with Gasteiger partial charge in [-0.15, -0.1) is 6.58 Å². The van der Waals surface area contributed by atoms with Gasteiger partial charge in [-0.25, -0.2) is 4.79 Å².